The number of anilines is 1. The smallest absolute Gasteiger partial charge is 0.255 e. The lowest BCUT2D eigenvalue weighted by Gasteiger charge is -2.27. The molecule has 1 aliphatic heterocycles. The molecule has 186 valence electrons. The predicted octanol–water partition coefficient (Wildman–Crippen LogP) is 6.86. The number of rotatable bonds is 7. The Kier molecular flexibility index (Phi) is 8.46. The Balaban J connectivity index is 1.68. The minimum absolute atomic E-state index is 0.244. The predicted molar refractivity (Wildman–Crippen MR) is 148 cm³/mol. The van der Waals surface area contributed by atoms with Crippen LogP contribution in [0.4, 0.5) is 5.69 Å². The highest BCUT2D eigenvalue weighted by Crippen LogP contribution is 2.39. The van der Waals surface area contributed by atoms with Crippen LogP contribution in [0.3, 0.4) is 0 Å². The van der Waals surface area contributed by atoms with Crippen LogP contribution in [0, 0.1) is 0 Å². The number of thioether (sulfide) groups is 1. The van der Waals surface area contributed by atoms with Crippen molar-refractivity contribution in [3.63, 3.8) is 0 Å². The van der Waals surface area contributed by atoms with Crippen molar-refractivity contribution in [2.24, 2.45) is 4.99 Å². The monoisotopic (exact) mass is 541 g/mol. The van der Waals surface area contributed by atoms with E-state index in [0.717, 1.165) is 11.1 Å². The SMILES string of the molecule is COc1ccc([C@H]2N=C(SCc3ccc(Cl)c(Cl)c3)NC(C)=C2C(=O)Nc2ccccc2)c(OC)c1. The molecule has 9 heteroatoms. The fourth-order valence-corrected chi connectivity index (χ4v) is 4.99. The van der Waals surface area contributed by atoms with Gasteiger partial charge in [-0.05, 0) is 48.9 Å². The number of nitrogens with one attached hydrogen (secondary N) is 2. The highest BCUT2D eigenvalue weighted by atomic mass is 35.5. The quantitative estimate of drug-likeness (QED) is 0.342. The summed E-state index contributed by atoms with van der Waals surface area (Å²) in [5.41, 5.74) is 3.67. The summed E-state index contributed by atoms with van der Waals surface area (Å²) in [6.45, 7) is 1.87. The average molecular weight is 542 g/mol. The zero-order valence-corrected chi connectivity index (χ0v) is 22.3. The first kappa shape index (κ1) is 25.9. The van der Waals surface area contributed by atoms with Gasteiger partial charge in [0.2, 0.25) is 0 Å². The zero-order valence-electron chi connectivity index (χ0n) is 20.0. The molecule has 0 aromatic heterocycles. The third-order valence-electron chi connectivity index (χ3n) is 5.59. The van der Waals surface area contributed by atoms with E-state index in [9.17, 15) is 4.79 Å². The molecule has 0 bridgehead atoms. The van der Waals surface area contributed by atoms with Gasteiger partial charge in [-0.1, -0.05) is 59.2 Å². The molecule has 0 saturated heterocycles. The molecule has 2 N–H and O–H groups in total. The molecule has 6 nitrogen and oxygen atoms in total. The van der Waals surface area contributed by atoms with Crippen molar-refractivity contribution < 1.29 is 14.3 Å². The summed E-state index contributed by atoms with van der Waals surface area (Å²) in [5.74, 6) is 1.61. The molecular weight excluding hydrogens is 517 g/mol. The van der Waals surface area contributed by atoms with Crippen LogP contribution in [0.1, 0.15) is 24.1 Å². The number of carbonyl (C=O) groups is 1. The molecule has 0 saturated carbocycles. The Morgan fingerprint density at radius 1 is 1.03 bits per heavy atom. The highest BCUT2D eigenvalue weighted by Gasteiger charge is 2.31. The van der Waals surface area contributed by atoms with Crippen molar-refractivity contribution in [1.29, 1.82) is 0 Å². The molecule has 0 radical (unpaired) electrons. The standard InChI is InChI=1S/C27H25Cl2N3O3S/c1-16-24(26(33)31-18-7-5-4-6-8-18)25(20-11-10-19(34-2)14-23(20)35-3)32-27(30-16)36-15-17-9-12-21(28)22(29)13-17/h4-14,25H,15H2,1-3H3,(H,30,32)(H,31,33)/t25-/m1/s1. The van der Waals surface area contributed by atoms with Crippen molar-refractivity contribution in [3.8, 4) is 11.5 Å². The van der Waals surface area contributed by atoms with Crippen LogP contribution >= 0.6 is 35.0 Å². The van der Waals surface area contributed by atoms with E-state index in [0.29, 0.717) is 49.4 Å². The minimum atomic E-state index is -0.591. The lowest BCUT2D eigenvalue weighted by Crippen LogP contribution is -2.32. The first-order valence-corrected chi connectivity index (χ1v) is 12.8. The van der Waals surface area contributed by atoms with Gasteiger partial charge in [0.25, 0.3) is 5.91 Å². The lowest BCUT2D eigenvalue weighted by atomic mass is 9.95. The van der Waals surface area contributed by atoms with E-state index >= 15 is 0 Å². The number of allylic oxidation sites excluding steroid dienone is 1. The summed E-state index contributed by atoms with van der Waals surface area (Å²) in [6.07, 6.45) is 0. The normalized spacial score (nSPS) is 15.1. The minimum Gasteiger partial charge on any atom is -0.497 e. The van der Waals surface area contributed by atoms with E-state index in [1.54, 1.807) is 26.4 Å². The van der Waals surface area contributed by atoms with E-state index in [1.807, 2.05) is 61.5 Å². The number of benzene rings is 3. The van der Waals surface area contributed by atoms with Crippen molar-refractivity contribution in [1.82, 2.24) is 5.32 Å². The number of amides is 1. The fourth-order valence-electron chi connectivity index (χ4n) is 3.79. The molecule has 1 heterocycles. The van der Waals surface area contributed by atoms with Gasteiger partial charge in [0.1, 0.15) is 17.5 Å². The molecule has 0 aliphatic carbocycles. The van der Waals surface area contributed by atoms with Gasteiger partial charge in [0.05, 0.1) is 29.8 Å². The van der Waals surface area contributed by atoms with E-state index in [-0.39, 0.29) is 5.91 Å². The van der Waals surface area contributed by atoms with E-state index < -0.39 is 6.04 Å². The number of hydrogen-bond donors (Lipinski definition) is 2. The first-order valence-electron chi connectivity index (χ1n) is 11.1. The molecule has 0 fully saturated rings. The summed E-state index contributed by atoms with van der Waals surface area (Å²) >= 11 is 13.7. The largest absolute Gasteiger partial charge is 0.497 e. The number of para-hydroxylation sites is 1. The second kappa shape index (κ2) is 11.7. The van der Waals surface area contributed by atoms with Crippen LogP contribution in [0.15, 0.2) is 83.0 Å². The number of ether oxygens (including phenoxy) is 2. The van der Waals surface area contributed by atoms with E-state index in [4.69, 9.17) is 37.7 Å². The topological polar surface area (TPSA) is 72.0 Å². The van der Waals surface area contributed by atoms with Crippen molar-refractivity contribution in [2.75, 3.05) is 19.5 Å². The van der Waals surface area contributed by atoms with Gasteiger partial charge < -0.3 is 20.1 Å². The first-order chi connectivity index (χ1) is 17.4. The van der Waals surface area contributed by atoms with Crippen LogP contribution in [-0.4, -0.2) is 25.3 Å². The van der Waals surface area contributed by atoms with Gasteiger partial charge >= 0.3 is 0 Å². The number of nitrogens with zero attached hydrogens (tertiary/aromatic N) is 1. The Bertz CT molecular complexity index is 1330. The molecule has 4 rings (SSSR count). The van der Waals surface area contributed by atoms with Crippen LogP contribution in [-0.2, 0) is 10.5 Å². The van der Waals surface area contributed by atoms with Gasteiger partial charge in [-0.2, -0.15) is 0 Å². The molecule has 0 spiro atoms. The van der Waals surface area contributed by atoms with Crippen LogP contribution in [0.2, 0.25) is 10.0 Å². The number of methoxy groups -OCH3 is 2. The molecule has 36 heavy (non-hydrogen) atoms. The maximum Gasteiger partial charge on any atom is 0.255 e. The van der Waals surface area contributed by atoms with Crippen molar-refractivity contribution in [3.05, 3.63) is 99.2 Å². The molecule has 1 amide bonds. The van der Waals surface area contributed by atoms with E-state index in [1.165, 1.54) is 11.8 Å². The number of carbonyl (C=O) groups excluding carboxylic acids is 1. The fraction of sp³-hybridized carbons (Fsp3) is 0.185. The molecule has 1 aliphatic rings. The second-order valence-corrected chi connectivity index (χ2v) is 9.74. The molecule has 3 aromatic rings. The number of halogens is 2. The van der Waals surface area contributed by atoms with Gasteiger partial charge in [-0.3, -0.25) is 4.79 Å². The summed E-state index contributed by atoms with van der Waals surface area (Å²) in [4.78, 5) is 18.4. The van der Waals surface area contributed by atoms with Gasteiger partial charge in [0.15, 0.2) is 5.17 Å². The maximum atomic E-state index is 13.5. The van der Waals surface area contributed by atoms with Crippen LogP contribution in [0.5, 0.6) is 11.5 Å². The highest BCUT2D eigenvalue weighted by molar-refractivity contribution is 8.13. The van der Waals surface area contributed by atoms with Gasteiger partial charge in [-0.25, -0.2) is 4.99 Å². The van der Waals surface area contributed by atoms with Gasteiger partial charge in [-0.15, -0.1) is 0 Å². The number of aliphatic imine (C=N–C) groups is 1. The van der Waals surface area contributed by atoms with Gasteiger partial charge in [0, 0.05) is 28.8 Å². The summed E-state index contributed by atoms with van der Waals surface area (Å²) < 4.78 is 11.0. The molecule has 3 aromatic carbocycles. The second-order valence-electron chi connectivity index (χ2n) is 7.97. The number of amidine groups is 1. The lowest BCUT2D eigenvalue weighted by molar-refractivity contribution is -0.113. The van der Waals surface area contributed by atoms with Crippen LogP contribution < -0.4 is 20.1 Å². The Morgan fingerprint density at radius 2 is 1.81 bits per heavy atom. The Morgan fingerprint density at radius 3 is 2.50 bits per heavy atom. The zero-order chi connectivity index (χ0) is 25.7. The summed E-state index contributed by atoms with van der Waals surface area (Å²) in [5, 5.41) is 7.97. The Labute approximate surface area is 224 Å². The van der Waals surface area contributed by atoms with E-state index in [2.05, 4.69) is 10.6 Å². The summed E-state index contributed by atoms with van der Waals surface area (Å²) in [6, 6.07) is 19.8. The molecule has 0 unspecified atom stereocenters. The summed E-state index contributed by atoms with van der Waals surface area (Å²) in [7, 11) is 3.18. The molecular formula is C27H25Cl2N3O3S. The van der Waals surface area contributed by atoms with Crippen LogP contribution in [0.25, 0.3) is 0 Å². The Hall–Kier alpha value is -3.13. The number of hydrogen-bond acceptors (Lipinski definition) is 6. The molecule has 1 atom stereocenters. The third-order valence-corrected chi connectivity index (χ3v) is 7.29. The average Bonchev–Trinajstić information content (AvgIpc) is 2.89. The third kappa shape index (κ3) is 5.98. The van der Waals surface area contributed by atoms with Crippen molar-refractivity contribution >= 4 is 51.7 Å². The van der Waals surface area contributed by atoms with Crippen molar-refractivity contribution in [2.45, 2.75) is 18.7 Å². The maximum absolute atomic E-state index is 13.5.